The monoisotopic (exact) mass is 379 g/mol. The van der Waals surface area contributed by atoms with Crippen LogP contribution in [-0.4, -0.2) is 31.1 Å². The summed E-state index contributed by atoms with van der Waals surface area (Å²) < 4.78 is 10.7. The van der Waals surface area contributed by atoms with Crippen LogP contribution in [0.15, 0.2) is 36.4 Å². The van der Waals surface area contributed by atoms with Crippen LogP contribution in [0, 0.1) is 0 Å². The van der Waals surface area contributed by atoms with Crippen molar-refractivity contribution in [3.63, 3.8) is 0 Å². The fourth-order valence-electron chi connectivity index (χ4n) is 2.74. The van der Waals surface area contributed by atoms with Crippen molar-refractivity contribution >= 4 is 29.1 Å². The summed E-state index contributed by atoms with van der Waals surface area (Å²) >= 11 is 12.3. The summed E-state index contributed by atoms with van der Waals surface area (Å²) in [6.07, 6.45) is 1.98. The van der Waals surface area contributed by atoms with Crippen LogP contribution < -0.4 is 9.47 Å². The van der Waals surface area contributed by atoms with Gasteiger partial charge in [0.2, 0.25) is 0 Å². The molecule has 0 aliphatic heterocycles. The van der Waals surface area contributed by atoms with Crippen LogP contribution in [0.2, 0.25) is 10.0 Å². The first kappa shape index (κ1) is 17.9. The molecule has 132 valence electrons. The zero-order chi connectivity index (χ0) is 18.0. The van der Waals surface area contributed by atoms with Crippen LogP contribution in [0.25, 0.3) is 0 Å². The summed E-state index contributed by atoms with van der Waals surface area (Å²) in [5, 5.41) is 0.896. The summed E-state index contributed by atoms with van der Waals surface area (Å²) in [6.45, 7) is 0.444. The van der Waals surface area contributed by atoms with Crippen LogP contribution in [0.5, 0.6) is 11.5 Å². The van der Waals surface area contributed by atoms with Gasteiger partial charge in [0, 0.05) is 29.2 Å². The maximum Gasteiger partial charge on any atom is 0.255 e. The summed E-state index contributed by atoms with van der Waals surface area (Å²) in [4.78, 5) is 14.9. The van der Waals surface area contributed by atoms with Crippen molar-refractivity contribution in [2.75, 3.05) is 14.2 Å². The Morgan fingerprint density at radius 2 is 1.88 bits per heavy atom. The molecule has 0 aromatic heterocycles. The normalized spacial score (nSPS) is 13.4. The number of amides is 1. The highest BCUT2D eigenvalue weighted by molar-refractivity contribution is 6.35. The van der Waals surface area contributed by atoms with Gasteiger partial charge in [-0.15, -0.1) is 0 Å². The molecule has 0 N–H and O–H groups in total. The van der Waals surface area contributed by atoms with E-state index >= 15 is 0 Å². The zero-order valence-electron chi connectivity index (χ0n) is 14.1. The lowest BCUT2D eigenvalue weighted by atomic mass is 10.1. The molecule has 1 fully saturated rings. The van der Waals surface area contributed by atoms with Crippen LogP contribution in [0.1, 0.15) is 28.8 Å². The van der Waals surface area contributed by atoms with E-state index in [9.17, 15) is 4.79 Å². The molecule has 0 unspecified atom stereocenters. The van der Waals surface area contributed by atoms with Crippen molar-refractivity contribution in [2.45, 2.75) is 25.4 Å². The Bertz CT molecular complexity index is 790. The Morgan fingerprint density at radius 3 is 2.52 bits per heavy atom. The van der Waals surface area contributed by atoms with Gasteiger partial charge in [-0.2, -0.15) is 0 Å². The molecule has 2 aromatic carbocycles. The van der Waals surface area contributed by atoms with Gasteiger partial charge in [-0.05, 0) is 43.2 Å². The molecule has 3 rings (SSSR count). The minimum Gasteiger partial charge on any atom is -0.497 e. The third-order valence-electron chi connectivity index (χ3n) is 4.24. The molecule has 0 atom stereocenters. The molecule has 1 aliphatic carbocycles. The summed E-state index contributed by atoms with van der Waals surface area (Å²) in [5.74, 6) is 1.28. The average Bonchev–Trinajstić information content (AvgIpc) is 3.46. The van der Waals surface area contributed by atoms with Gasteiger partial charge in [-0.1, -0.05) is 23.2 Å². The smallest absolute Gasteiger partial charge is 0.255 e. The van der Waals surface area contributed by atoms with E-state index in [4.69, 9.17) is 32.7 Å². The van der Waals surface area contributed by atoms with Gasteiger partial charge in [0.15, 0.2) is 0 Å². The Balaban J connectivity index is 1.90. The second kappa shape index (κ2) is 7.54. The minimum atomic E-state index is -0.118. The molecule has 4 nitrogen and oxygen atoms in total. The molecule has 25 heavy (non-hydrogen) atoms. The summed E-state index contributed by atoms with van der Waals surface area (Å²) in [5.41, 5.74) is 1.34. The van der Waals surface area contributed by atoms with E-state index in [-0.39, 0.29) is 11.9 Å². The number of carbonyl (C=O) groups is 1. The van der Waals surface area contributed by atoms with Gasteiger partial charge in [-0.3, -0.25) is 4.79 Å². The third kappa shape index (κ3) is 4.02. The zero-order valence-corrected chi connectivity index (χ0v) is 15.6. The molecule has 2 aromatic rings. The van der Waals surface area contributed by atoms with Crippen molar-refractivity contribution in [2.24, 2.45) is 0 Å². The number of hydrogen-bond donors (Lipinski definition) is 0. The van der Waals surface area contributed by atoms with Crippen LogP contribution in [0.4, 0.5) is 0 Å². The number of halogens is 2. The SMILES string of the molecule is COc1ccc(CN(C(=O)c2cc(Cl)ccc2Cl)C2CC2)c(OC)c1. The van der Waals surface area contributed by atoms with E-state index in [1.54, 1.807) is 32.4 Å². The van der Waals surface area contributed by atoms with Gasteiger partial charge >= 0.3 is 0 Å². The van der Waals surface area contributed by atoms with Gasteiger partial charge in [0.1, 0.15) is 11.5 Å². The molecule has 0 spiro atoms. The van der Waals surface area contributed by atoms with E-state index in [0.29, 0.717) is 33.7 Å². The molecule has 0 heterocycles. The van der Waals surface area contributed by atoms with Crippen molar-refractivity contribution < 1.29 is 14.3 Å². The molecule has 0 saturated heterocycles. The van der Waals surface area contributed by atoms with Crippen LogP contribution in [-0.2, 0) is 6.54 Å². The number of methoxy groups -OCH3 is 2. The maximum absolute atomic E-state index is 13.0. The fourth-order valence-corrected chi connectivity index (χ4v) is 3.11. The first-order valence-electron chi connectivity index (χ1n) is 8.00. The van der Waals surface area contributed by atoms with Crippen molar-refractivity contribution in [1.29, 1.82) is 0 Å². The summed E-state index contributed by atoms with van der Waals surface area (Å²) in [6, 6.07) is 10.8. The van der Waals surface area contributed by atoms with E-state index in [2.05, 4.69) is 0 Å². The molecule has 1 amide bonds. The lowest BCUT2D eigenvalue weighted by Gasteiger charge is -2.24. The van der Waals surface area contributed by atoms with Crippen molar-refractivity contribution in [3.8, 4) is 11.5 Å². The predicted molar refractivity (Wildman–Crippen MR) is 98.9 cm³/mol. The lowest BCUT2D eigenvalue weighted by Crippen LogP contribution is -2.33. The highest BCUT2D eigenvalue weighted by Crippen LogP contribution is 2.34. The molecule has 1 saturated carbocycles. The third-order valence-corrected chi connectivity index (χ3v) is 4.81. The topological polar surface area (TPSA) is 38.8 Å². The molecular weight excluding hydrogens is 361 g/mol. The van der Waals surface area contributed by atoms with Crippen LogP contribution in [0.3, 0.4) is 0 Å². The lowest BCUT2D eigenvalue weighted by molar-refractivity contribution is 0.0729. The largest absolute Gasteiger partial charge is 0.497 e. The van der Waals surface area contributed by atoms with Crippen molar-refractivity contribution in [3.05, 3.63) is 57.6 Å². The van der Waals surface area contributed by atoms with Gasteiger partial charge in [-0.25, -0.2) is 0 Å². The molecule has 6 heteroatoms. The molecule has 0 radical (unpaired) electrons. The number of hydrogen-bond acceptors (Lipinski definition) is 3. The standard InChI is InChI=1S/C19H19Cl2NO3/c1-24-15-7-3-12(18(10-15)25-2)11-22(14-5-6-14)19(23)16-9-13(20)4-8-17(16)21/h3-4,7-10,14H,5-6,11H2,1-2H3. The van der Waals surface area contributed by atoms with Gasteiger partial charge in [0.25, 0.3) is 5.91 Å². The predicted octanol–water partition coefficient (Wildman–Crippen LogP) is 4.82. The Labute approximate surface area is 157 Å². The molecule has 0 bridgehead atoms. The van der Waals surface area contributed by atoms with Gasteiger partial charge < -0.3 is 14.4 Å². The second-order valence-corrected chi connectivity index (χ2v) is 6.81. The highest BCUT2D eigenvalue weighted by atomic mass is 35.5. The Morgan fingerprint density at radius 1 is 1.12 bits per heavy atom. The summed E-state index contributed by atoms with van der Waals surface area (Å²) in [7, 11) is 3.21. The molecular formula is C19H19Cl2NO3. The van der Waals surface area contributed by atoms with E-state index in [1.807, 2.05) is 23.1 Å². The number of rotatable bonds is 6. The van der Waals surface area contributed by atoms with E-state index < -0.39 is 0 Å². The Kier molecular flexibility index (Phi) is 5.40. The van der Waals surface area contributed by atoms with E-state index in [0.717, 1.165) is 18.4 Å². The number of nitrogens with zero attached hydrogens (tertiary/aromatic N) is 1. The second-order valence-electron chi connectivity index (χ2n) is 5.97. The first-order chi connectivity index (χ1) is 12.0. The molecule has 1 aliphatic rings. The van der Waals surface area contributed by atoms with E-state index in [1.165, 1.54) is 0 Å². The number of ether oxygens (including phenoxy) is 2. The maximum atomic E-state index is 13.0. The first-order valence-corrected chi connectivity index (χ1v) is 8.76. The number of carbonyl (C=O) groups excluding carboxylic acids is 1. The van der Waals surface area contributed by atoms with Crippen molar-refractivity contribution in [1.82, 2.24) is 4.90 Å². The van der Waals surface area contributed by atoms with Gasteiger partial charge in [0.05, 0.1) is 24.8 Å². The van der Waals surface area contributed by atoms with Crippen LogP contribution >= 0.6 is 23.2 Å². The minimum absolute atomic E-state index is 0.118. The Hall–Kier alpha value is -1.91. The average molecular weight is 380 g/mol. The highest BCUT2D eigenvalue weighted by Gasteiger charge is 2.34. The quantitative estimate of drug-likeness (QED) is 0.722. The fraction of sp³-hybridized carbons (Fsp3) is 0.316. The number of benzene rings is 2.